The molecule has 0 aliphatic carbocycles. The number of hydrogen-bond acceptors (Lipinski definition) is 2. The van der Waals surface area contributed by atoms with Gasteiger partial charge < -0.3 is 10.2 Å². The molecule has 2 atom stereocenters. The summed E-state index contributed by atoms with van der Waals surface area (Å²) in [5, 5.41) is 3.61. The topological polar surface area (TPSA) is 15.3 Å². The molecule has 1 aromatic rings. The summed E-state index contributed by atoms with van der Waals surface area (Å²) in [4.78, 5) is 2.14. The van der Waals surface area contributed by atoms with Gasteiger partial charge in [-0.15, -0.1) is 0 Å². The van der Waals surface area contributed by atoms with Crippen LogP contribution < -0.4 is 10.2 Å². The predicted molar refractivity (Wildman–Crippen MR) is 69.9 cm³/mol. The van der Waals surface area contributed by atoms with E-state index in [9.17, 15) is 0 Å². The van der Waals surface area contributed by atoms with Crippen molar-refractivity contribution >= 4 is 5.69 Å². The Morgan fingerprint density at radius 3 is 2.50 bits per heavy atom. The van der Waals surface area contributed by atoms with Crippen LogP contribution >= 0.6 is 0 Å². The fraction of sp³-hybridized carbons (Fsp3) is 0.571. The molecule has 1 aliphatic rings. The lowest BCUT2D eigenvalue weighted by molar-refractivity contribution is 0.449. The van der Waals surface area contributed by atoms with Crippen LogP contribution in [0.4, 0.5) is 5.69 Å². The second-order valence-electron chi connectivity index (χ2n) is 4.87. The van der Waals surface area contributed by atoms with E-state index in [1.54, 1.807) is 0 Å². The summed E-state index contributed by atoms with van der Waals surface area (Å²) in [5.41, 5.74) is 2.71. The number of rotatable bonds is 3. The van der Waals surface area contributed by atoms with Crippen molar-refractivity contribution in [2.24, 2.45) is 5.92 Å². The van der Waals surface area contributed by atoms with Crippen LogP contribution in [0.5, 0.6) is 0 Å². The molecule has 0 aromatic heterocycles. The molecule has 2 unspecified atom stereocenters. The molecule has 1 N–H and O–H groups in total. The van der Waals surface area contributed by atoms with E-state index >= 15 is 0 Å². The summed E-state index contributed by atoms with van der Waals surface area (Å²) in [5.74, 6) is 0.810. The minimum Gasteiger partial charge on any atom is -0.378 e. The molecule has 0 spiro atoms. The van der Waals surface area contributed by atoms with Gasteiger partial charge in [-0.3, -0.25) is 0 Å². The molecule has 0 bridgehead atoms. The van der Waals surface area contributed by atoms with E-state index in [0.717, 1.165) is 5.92 Å². The highest BCUT2D eigenvalue weighted by Crippen LogP contribution is 2.32. The lowest BCUT2D eigenvalue weighted by Crippen LogP contribution is -2.17. The van der Waals surface area contributed by atoms with Crippen LogP contribution in [0.3, 0.4) is 0 Å². The van der Waals surface area contributed by atoms with Gasteiger partial charge in [0.15, 0.2) is 0 Å². The van der Waals surface area contributed by atoms with E-state index in [4.69, 9.17) is 0 Å². The highest BCUT2D eigenvalue weighted by Gasteiger charge is 2.26. The number of nitrogens with zero attached hydrogens (tertiary/aromatic N) is 1. The molecular formula is C14H22N2. The fourth-order valence-corrected chi connectivity index (χ4v) is 2.57. The van der Waals surface area contributed by atoms with Crippen molar-refractivity contribution in [3.8, 4) is 0 Å². The number of nitrogens with one attached hydrogen (secondary N) is 1. The number of hydrogen-bond donors (Lipinski definition) is 1. The van der Waals surface area contributed by atoms with Crippen molar-refractivity contribution in [3.63, 3.8) is 0 Å². The van der Waals surface area contributed by atoms with Crippen LogP contribution in [-0.2, 0) is 0 Å². The minimum atomic E-state index is 0.571. The minimum absolute atomic E-state index is 0.571. The largest absolute Gasteiger partial charge is 0.378 e. The first-order valence-corrected chi connectivity index (χ1v) is 6.23. The maximum absolute atomic E-state index is 3.61. The summed E-state index contributed by atoms with van der Waals surface area (Å²) in [6, 6.07) is 9.52. The zero-order valence-electron chi connectivity index (χ0n) is 10.5. The molecule has 0 saturated carbocycles. The van der Waals surface area contributed by atoms with E-state index in [0.29, 0.717) is 6.04 Å². The van der Waals surface area contributed by atoms with Crippen LogP contribution in [-0.4, -0.2) is 20.6 Å². The third-order valence-electron chi connectivity index (χ3n) is 3.64. The third kappa shape index (κ3) is 2.22. The Kier molecular flexibility index (Phi) is 3.49. The van der Waals surface area contributed by atoms with Gasteiger partial charge in [-0.1, -0.05) is 25.5 Å². The van der Waals surface area contributed by atoms with Gasteiger partial charge in [0.2, 0.25) is 0 Å². The first kappa shape index (κ1) is 11.5. The van der Waals surface area contributed by atoms with E-state index in [1.165, 1.54) is 30.6 Å². The number of benzene rings is 1. The smallest absolute Gasteiger partial charge is 0.0361 e. The molecule has 1 saturated heterocycles. The predicted octanol–water partition coefficient (Wildman–Crippen LogP) is 2.81. The van der Waals surface area contributed by atoms with Crippen LogP contribution in [0, 0.1) is 5.92 Å². The first-order valence-electron chi connectivity index (χ1n) is 6.23. The summed E-state index contributed by atoms with van der Waals surface area (Å²) < 4.78 is 0. The average molecular weight is 218 g/mol. The monoisotopic (exact) mass is 218 g/mol. The van der Waals surface area contributed by atoms with Crippen molar-refractivity contribution in [1.29, 1.82) is 0 Å². The van der Waals surface area contributed by atoms with Gasteiger partial charge in [-0.25, -0.2) is 0 Å². The number of anilines is 1. The Bertz CT molecular complexity index is 329. The van der Waals surface area contributed by atoms with E-state index in [1.807, 2.05) is 0 Å². The molecular weight excluding hydrogens is 196 g/mol. The van der Waals surface area contributed by atoms with Crippen molar-refractivity contribution in [3.05, 3.63) is 29.8 Å². The van der Waals surface area contributed by atoms with Crippen molar-refractivity contribution < 1.29 is 0 Å². The Balaban J connectivity index is 2.15. The molecule has 1 aliphatic heterocycles. The molecule has 16 heavy (non-hydrogen) atoms. The molecule has 2 nitrogen and oxygen atoms in total. The molecule has 88 valence electrons. The summed E-state index contributed by atoms with van der Waals surface area (Å²) in [6.45, 7) is 3.46. The highest BCUT2D eigenvalue weighted by molar-refractivity contribution is 5.46. The van der Waals surface area contributed by atoms with Gasteiger partial charge >= 0.3 is 0 Å². The van der Waals surface area contributed by atoms with Gasteiger partial charge in [0.05, 0.1) is 0 Å². The van der Waals surface area contributed by atoms with E-state index in [2.05, 4.69) is 55.5 Å². The molecule has 0 radical (unpaired) electrons. The zero-order chi connectivity index (χ0) is 11.5. The van der Waals surface area contributed by atoms with Gasteiger partial charge in [0.1, 0.15) is 0 Å². The molecule has 1 fully saturated rings. The van der Waals surface area contributed by atoms with Crippen LogP contribution in [0.15, 0.2) is 24.3 Å². The van der Waals surface area contributed by atoms with Crippen LogP contribution in [0.25, 0.3) is 0 Å². The van der Waals surface area contributed by atoms with E-state index in [-0.39, 0.29) is 0 Å². The Hall–Kier alpha value is -1.02. The highest BCUT2D eigenvalue weighted by atomic mass is 15.1. The maximum Gasteiger partial charge on any atom is 0.0361 e. The first-order chi connectivity index (χ1) is 7.72. The lowest BCUT2D eigenvalue weighted by Gasteiger charge is -2.20. The van der Waals surface area contributed by atoms with Crippen molar-refractivity contribution in [2.45, 2.75) is 25.8 Å². The molecule has 1 heterocycles. The average Bonchev–Trinajstić information content (AvgIpc) is 2.77. The molecule has 2 heteroatoms. The Labute approximate surface area is 98.7 Å². The lowest BCUT2D eigenvalue weighted by atomic mass is 9.92. The van der Waals surface area contributed by atoms with Crippen LogP contribution in [0.1, 0.15) is 31.4 Å². The second kappa shape index (κ2) is 4.88. The zero-order valence-corrected chi connectivity index (χ0v) is 10.5. The normalized spacial score (nSPS) is 24.7. The van der Waals surface area contributed by atoms with Gasteiger partial charge in [-0.05, 0) is 36.6 Å². The third-order valence-corrected chi connectivity index (χ3v) is 3.64. The van der Waals surface area contributed by atoms with E-state index < -0.39 is 0 Å². The maximum atomic E-state index is 3.61. The summed E-state index contributed by atoms with van der Waals surface area (Å²) in [6.07, 6.45) is 2.59. The molecule has 0 amide bonds. The molecule has 2 rings (SSSR count). The molecule has 1 aromatic carbocycles. The van der Waals surface area contributed by atoms with Gasteiger partial charge in [0.25, 0.3) is 0 Å². The van der Waals surface area contributed by atoms with Crippen molar-refractivity contribution in [1.82, 2.24) is 5.32 Å². The van der Waals surface area contributed by atoms with Crippen LogP contribution in [0.2, 0.25) is 0 Å². The quantitative estimate of drug-likeness (QED) is 0.839. The Morgan fingerprint density at radius 2 is 1.94 bits per heavy atom. The summed E-state index contributed by atoms with van der Waals surface area (Å²) in [7, 11) is 4.16. The SMILES string of the molecule is CCC1CCNC1c1ccc(N(C)C)cc1. The van der Waals surface area contributed by atoms with Gasteiger partial charge in [0, 0.05) is 25.8 Å². The van der Waals surface area contributed by atoms with Crippen molar-refractivity contribution in [2.75, 3.05) is 25.5 Å². The Morgan fingerprint density at radius 1 is 1.25 bits per heavy atom. The second-order valence-corrected chi connectivity index (χ2v) is 4.87. The summed E-state index contributed by atoms with van der Waals surface area (Å²) >= 11 is 0. The van der Waals surface area contributed by atoms with Gasteiger partial charge in [-0.2, -0.15) is 0 Å². The fourth-order valence-electron chi connectivity index (χ4n) is 2.57. The standard InChI is InChI=1S/C14H22N2/c1-4-11-9-10-15-14(11)12-5-7-13(8-6-12)16(2)3/h5-8,11,14-15H,4,9-10H2,1-3H3.